The summed E-state index contributed by atoms with van der Waals surface area (Å²) in [5, 5.41) is 2.82. The van der Waals surface area contributed by atoms with Gasteiger partial charge in [-0.25, -0.2) is 8.42 Å². The number of hydrogen-bond acceptors (Lipinski definition) is 5. The molecule has 0 aliphatic rings. The number of carbonyl (C=O) groups is 2. The quantitative estimate of drug-likeness (QED) is 0.474. The Balaban J connectivity index is 1.78. The summed E-state index contributed by atoms with van der Waals surface area (Å²) in [5.74, 6) is -0.841. The summed E-state index contributed by atoms with van der Waals surface area (Å²) in [6.07, 6.45) is 1.45. The van der Waals surface area contributed by atoms with Gasteiger partial charge < -0.3 is 10.1 Å². The van der Waals surface area contributed by atoms with Crippen LogP contribution in [0.5, 0.6) is 0 Å². The molecule has 1 unspecified atom stereocenters. The minimum Gasteiger partial charge on any atom is -0.456 e. The number of rotatable bonds is 12. The highest BCUT2D eigenvalue weighted by atomic mass is 32.2. The summed E-state index contributed by atoms with van der Waals surface area (Å²) < 4.78 is 31.5. The second-order valence-electron chi connectivity index (χ2n) is 7.78. The Labute approximate surface area is 197 Å². The summed E-state index contributed by atoms with van der Waals surface area (Å²) in [6.45, 7) is 8.04. The van der Waals surface area contributed by atoms with Crippen molar-refractivity contribution in [3.8, 4) is 0 Å². The highest BCUT2D eigenvalue weighted by Gasteiger charge is 2.21. The molecule has 0 fully saturated rings. The predicted molar refractivity (Wildman–Crippen MR) is 128 cm³/mol. The molecule has 1 amide bonds. The van der Waals surface area contributed by atoms with Gasteiger partial charge in [-0.1, -0.05) is 57.2 Å². The van der Waals surface area contributed by atoms with E-state index in [1.807, 2.05) is 31.2 Å². The van der Waals surface area contributed by atoms with Crippen molar-refractivity contribution in [3.05, 3.63) is 65.2 Å². The molecule has 2 aromatic rings. The lowest BCUT2D eigenvalue weighted by Crippen LogP contribution is -2.31. The van der Waals surface area contributed by atoms with E-state index in [9.17, 15) is 18.0 Å². The first-order valence-corrected chi connectivity index (χ1v) is 12.8. The fourth-order valence-corrected chi connectivity index (χ4v) is 4.87. The maximum atomic E-state index is 12.5. The second kappa shape index (κ2) is 12.5. The maximum absolute atomic E-state index is 12.5. The molecule has 0 bridgehead atoms. The molecule has 7 nitrogen and oxygen atoms in total. The molecule has 2 aromatic carbocycles. The minimum absolute atomic E-state index is 0.101. The van der Waals surface area contributed by atoms with Gasteiger partial charge in [-0.3, -0.25) is 9.59 Å². The van der Waals surface area contributed by atoms with Crippen LogP contribution in [0, 0.1) is 0 Å². The molecule has 0 heterocycles. The first kappa shape index (κ1) is 26.5. The Morgan fingerprint density at radius 3 is 2.06 bits per heavy atom. The zero-order valence-electron chi connectivity index (χ0n) is 19.8. The average molecular weight is 475 g/mol. The summed E-state index contributed by atoms with van der Waals surface area (Å²) in [7, 11) is -3.50. The fourth-order valence-electron chi connectivity index (χ4n) is 3.41. The number of hydrogen-bond donors (Lipinski definition) is 1. The van der Waals surface area contributed by atoms with E-state index >= 15 is 0 Å². The second-order valence-corrected chi connectivity index (χ2v) is 9.72. The Morgan fingerprint density at radius 2 is 1.52 bits per heavy atom. The minimum atomic E-state index is -3.50. The van der Waals surface area contributed by atoms with Gasteiger partial charge in [-0.2, -0.15) is 4.31 Å². The third kappa shape index (κ3) is 7.68. The molecule has 0 radical (unpaired) electrons. The zero-order chi connectivity index (χ0) is 24.4. The van der Waals surface area contributed by atoms with Crippen molar-refractivity contribution in [1.29, 1.82) is 0 Å². The van der Waals surface area contributed by atoms with E-state index in [1.165, 1.54) is 9.87 Å². The molecule has 0 saturated carbocycles. The van der Waals surface area contributed by atoms with Gasteiger partial charge in [-0.05, 0) is 48.6 Å². The van der Waals surface area contributed by atoms with Crippen LogP contribution in [0.4, 0.5) is 0 Å². The third-order valence-electron chi connectivity index (χ3n) is 5.51. The third-order valence-corrected chi connectivity index (χ3v) is 7.58. The molecule has 0 aliphatic heterocycles. The van der Waals surface area contributed by atoms with Gasteiger partial charge in [0.2, 0.25) is 10.0 Å². The first-order valence-electron chi connectivity index (χ1n) is 11.3. The number of benzene rings is 2. The van der Waals surface area contributed by atoms with Crippen molar-refractivity contribution in [2.24, 2.45) is 0 Å². The van der Waals surface area contributed by atoms with Crippen LogP contribution in [0.3, 0.4) is 0 Å². The molecule has 1 N–H and O–H groups in total. The highest BCUT2D eigenvalue weighted by Crippen LogP contribution is 2.17. The largest absolute Gasteiger partial charge is 0.456 e. The number of ether oxygens (including phenoxy) is 1. The number of aryl methyl sites for hydroxylation is 2. The standard InChI is InChI=1S/C25H34N2O5S/c1-5-20-8-13-22(14-9-20)19(4)26-24(28)18-32-25(29)17-12-21-10-15-23(16-11-21)33(30,31)27(6-2)7-3/h8-11,13-16,19H,5-7,12,17-18H2,1-4H3,(H,26,28). The monoisotopic (exact) mass is 474 g/mol. The van der Waals surface area contributed by atoms with E-state index < -0.39 is 16.0 Å². The van der Waals surface area contributed by atoms with Crippen molar-refractivity contribution in [2.45, 2.75) is 57.9 Å². The van der Waals surface area contributed by atoms with Crippen LogP contribution in [0.1, 0.15) is 56.8 Å². The van der Waals surface area contributed by atoms with E-state index in [1.54, 1.807) is 38.1 Å². The van der Waals surface area contributed by atoms with E-state index in [-0.39, 0.29) is 29.9 Å². The summed E-state index contributed by atoms with van der Waals surface area (Å²) in [4.78, 5) is 24.4. The number of nitrogens with one attached hydrogen (secondary N) is 1. The average Bonchev–Trinajstić information content (AvgIpc) is 2.82. The first-order chi connectivity index (χ1) is 15.7. The predicted octanol–water partition coefficient (Wildman–Crippen LogP) is 3.63. The lowest BCUT2D eigenvalue weighted by molar-refractivity contribution is -0.148. The number of esters is 1. The van der Waals surface area contributed by atoms with Crippen LogP contribution in [-0.2, 0) is 37.2 Å². The van der Waals surface area contributed by atoms with Crippen LogP contribution in [0.2, 0.25) is 0 Å². The summed E-state index contributed by atoms with van der Waals surface area (Å²) in [5.41, 5.74) is 3.03. The Bertz CT molecular complexity index is 1010. The molecule has 0 aromatic heterocycles. The van der Waals surface area contributed by atoms with Crippen LogP contribution in [0.25, 0.3) is 0 Å². The Kier molecular flexibility index (Phi) is 10.1. The molecule has 1 atom stereocenters. The summed E-state index contributed by atoms with van der Waals surface area (Å²) >= 11 is 0. The van der Waals surface area contributed by atoms with Crippen molar-refractivity contribution in [1.82, 2.24) is 9.62 Å². The van der Waals surface area contributed by atoms with Crippen molar-refractivity contribution >= 4 is 21.9 Å². The maximum Gasteiger partial charge on any atom is 0.306 e. The summed E-state index contributed by atoms with van der Waals surface area (Å²) in [6, 6.07) is 14.3. The number of amides is 1. The molecule has 0 saturated heterocycles. The number of sulfonamides is 1. The van der Waals surface area contributed by atoms with Crippen LogP contribution in [-0.4, -0.2) is 44.3 Å². The van der Waals surface area contributed by atoms with Gasteiger partial charge in [0, 0.05) is 19.5 Å². The Morgan fingerprint density at radius 1 is 0.939 bits per heavy atom. The van der Waals surface area contributed by atoms with E-state index in [0.717, 1.165) is 17.5 Å². The number of nitrogens with zero attached hydrogens (tertiary/aromatic N) is 1. The van der Waals surface area contributed by atoms with Crippen LogP contribution < -0.4 is 5.32 Å². The topological polar surface area (TPSA) is 92.8 Å². The van der Waals surface area contributed by atoms with Gasteiger partial charge in [-0.15, -0.1) is 0 Å². The van der Waals surface area contributed by atoms with Gasteiger partial charge >= 0.3 is 5.97 Å². The van der Waals surface area contributed by atoms with E-state index in [0.29, 0.717) is 19.5 Å². The highest BCUT2D eigenvalue weighted by molar-refractivity contribution is 7.89. The molecule has 180 valence electrons. The molecule has 33 heavy (non-hydrogen) atoms. The van der Waals surface area contributed by atoms with Crippen molar-refractivity contribution in [3.63, 3.8) is 0 Å². The normalized spacial score (nSPS) is 12.4. The van der Waals surface area contributed by atoms with Gasteiger partial charge in [0.15, 0.2) is 6.61 Å². The lowest BCUT2D eigenvalue weighted by atomic mass is 10.1. The molecule has 0 spiro atoms. The van der Waals surface area contributed by atoms with Gasteiger partial charge in [0.25, 0.3) is 5.91 Å². The number of carbonyl (C=O) groups excluding carboxylic acids is 2. The Hall–Kier alpha value is -2.71. The van der Waals surface area contributed by atoms with E-state index in [2.05, 4.69) is 12.2 Å². The lowest BCUT2D eigenvalue weighted by Gasteiger charge is -2.18. The molecule has 0 aliphatic carbocycles. The van der Waals surface area contributed by atoms with Gasteiger partial charge in [0.05, 0.1) is 10.9 Å². The molecular weight excluding hydrogens is 440 g/mol. The SMILES string of the molecule is CCc1ccc(C(C)NC(=O)COC(=O)CCc2ccc(S(=O)(=O)N(CC)CC)cc2)cc1. The fraction of sp³-hybridized carbons (Fsp3) is 0.440. The molecule has 2 rings (SSSR count). The van der Waals surface area contributed by atoms with Gasteiger partial charge in [0.1, 0.15) is 0 Å². The smallest absolute Gasteiger partial charge is 0.306 e. The zero-order valence-corrected chi connectivity index (χ0v) is 20.7. The molecular formula is C25H34N2O5S. The molecule has 8 heteroatoms. The van der Waals surface area contributed by atoms with Crippen LogP contribution in [0.15, 0.2) is 53.4 Å². The van der Waals surface area contributed by atoms with Crippen molar-refractivity contribution in [2.75, 3.05) is 19.7 Å². The van der Waals surface area contributed by atoms with Crippen LogP contribution >= 0.6 is 0 Å². The van der Waals surface area contributed by atoms with Crippen molar-refractivity contribution < 1.29 is 22.7 Å². The van der Waals surface area contributed by atoms with E-state index in [4.69, 9.17) is 4.74 Å².